The second-order valence-corrected chi connectivity index (χ2v) is 7.84. The number of nitrogens with one attached hydrogen (secondary N) is 1. The van der Waals surface area contributed by atoms with E-state index in [1.54, 1.807) is 0 Å². The lowest BCUT2D eigenvalue weighted by Gasteiger charge is -2.07. The number of hydrazone groups is 1. The van der Waals surface area contributed by atoms with Crippen LogP contribution < -0.4 is 5.43 Å². The monoisotopic (exact) mass is 441 g/mol. The second-order valence-electron chi connectivity index (χ2n) is 6.61. The molecular formula is C23H18Cl3N3. The minimum atomic E-state index is 0.452. The molecule has 0 saturated carbocycles. The van der Waals surface area contributed by atoms with E-state index >= 15 is 0 Å². The van der Waals surface area contributed by atoms with Crippen LogP contribution in [0.5, 0.6) is 0 Å². The van der Waals surface area contributed by atoms with Crippen LogP contribution in [0.3, 0.4) is 0 Å². The van der Waals surface area contributed by atoms with Crippen LogP contribution in [0.4, 0.5) is 0 Å². The standard InChI is InChI=1S/C23H18Cl3N3/c24-20-8-3-1-6-16(20)14-29-15-17(18-7-2-4-11-23(18)29)12-27-28-13-19-21(25)9-5-10-22(19)26/h1-12,15,28H,13-14H2/b27-12+. The van der Waals surface area contributed by atoms with Gasteiger partial charge in [-0.2, -0.15) is 5.10 Å². The van der Waals surface area contributed by atoms with Crippen LogP contribution in [-0.2, 0) is 13.1 Å². The maximum atomic E-state index is 6.35. The first kappa shape index (κ1) is 19.8. The first-order chi connectivity index (χ1) is 14.1. The lowest BCUT2D eigenvalue weighted by atomic mass is 10.2. The molecule has 0 bridgehead atoms. The number of hydrogen-bond acceptors (Lipinski definition) is 2. The van der Waals surface area contributed by atoms with Crippen molar-refractivity contribution in [2.75, 3.05) is 0 Å². The zero-order valence-corrected chi connectivity index (χ0v) is 17.7. The summed E-state index contributed by atoms with van der Waals surface area (Å²) in [5.41, 5.74) is 7.08. The molecule has 1 aromatic heterocycles. The molecule has 4 aromatic rings. The molecule has 0 atom stereocenters. The fraction of sp³-hybridized carbons (Fsp3) is 0.0870. The van der Waals surface area contributed by atoms with E-state index in [1.807, 2.05) is 60.8 Å². The van der Waals surface area contributed by atoms with Crippen LogP contribution in [-0.4, -0.2) is 10.8 Å². The lowest BCUT2D eigenvalue weighted by Crippen LogP contribution is -2.06. The van der Waals surface area contributed by atoms with E-state index in [0.29, 0.717) is 23.1 Å². The molecule has 0 aliphatic carbocycles. The van der Waals surface area contributed by atoms with Crippen molar-refractivity contribution in [1.29, 1.82) is 0 Å². The van der Waals surface area contributed by atoms with Gasteiger partial charge < -0.3 is 9.99 Å². The molecule has 4 rings (SSSR count). The molecule has 3 nitrogen and oxygen atoms in total. The van der Waals surface area contributed by atoms with Crippen LogP contribution in [0.15, 0.2) is 78.0 Å². The predicted octanol–water partition coefficient (Wildman–Crippen LogP) is 6.77. The summed E-state index contributed by atoms with van der Waals surface area (Å²) in [4.78, 5) is 0. The number of fused-ring (bicyclic) bond motifs is 1. The molecule has 146 valence electrons. The zero-order valence-electron chi connectivity index (χ0n) is 15.4. The van der Waals surface area contributed by atoms with E-state index in [1.165, 1.54) is 0 Å². The van der Waals surface area contributed by atoms with Crippen molar-refractivity contribution in [2.24, 2.45) is 5.10 Å². The lowest BCUT2D eigenvalue weighted by molar-refractivity contribution is 0.748. The Labute approximate surface area is 184 Å². The second kappa shape index (κ2) is 8.91. The van der Waals surface area contributed by atoms with Gasteiger partial charge in [0.25, 0.3) is 0 Å². The van der Waals surface area contributed by atoms with Crippen molar-refractivity contribution in [3.63, 3.8) is 0 Å². The van der Waals surface area contributed by atoms with Crippen LogP contribution in [0.25, 0.3) is 10.9 Å². The van der Waals surface area contributed by atoms with Crippen molar-refractivity contribution in [1.82, 2.24) is 9.99 Å². The average Bonchev–Trinajstić information content (AvgIpc) is 3.06. The molecule has 0 unspecified atom stereocenters. The highest BCUT2D eigenvalue weighted by Crippen LogP contribution is 2.25. The van der Waals surface area contributed by atoms with E-state index in [9.17, 15) is 0 Å². The Balaban J connectivity index is 1.56. The Hall–Kier alpha value is -2.46. The maximum absolute atomic E-state index is 6.35. The zero-order chi connectivity index (χ0) is 20.2. The molecule has 0 aliphatic heterocycles. The van der Waals surface area contributed by atoms with Gasteiger partial charge in [-0.15, -0.1) is 0 Å². The Bertz CT molecular complexity index is 1160. The normalized spacial score (nSPS) is 11.4. The van der Waals surface area contributed by atoms with Crippen molar-refractivity contribution in [3.8, 4) is 0 Å². The summed E-state index contributed by atoms with van der Waals surface area (Å²) < 4.78 is 2.18. The van der Waals surface area contributed by atoms with Gasteiger partial charge in [-0.25, -0.2) is 0 Å². The summed E-state index contributed by atoms with van der Waals surface area (Å²) in [6, 6.07) is 21.6. The molecule has 1 N–H and O–H groups in total. The third-order valence-corrected chi connectivity index (χ3v) is 5.81. The van der Waals surface area contributed by atoms with Gasteiger partial charge in [0.15, 0.2) is 0 Å². The highest BCUT2D eigenvalue weighted by atomic mass is 35.5. The molecule has 0 fully saturated rings. The average molecular weight is 443 g/mol. The smallest absolute Gasteiger partial charge is 0.0609 e. The van der Waals surface area contributed by atoms with E-state index < -0.39 is 0 Å². The molecule has 0 amide bonds. The first-order valence-corrected chi connectivity index (χ1v) is 10.3. The molecule has 0 saturated heterocycles. The fourth-order valence-electron chi connectivity index (χ4n) is 3.26. The van der Waals surface area contributed by atoms with Gasteiger partial charge in [-0.3, -0.25) is 0 Å². The molecular weight excluding hydrogens is 425 g/mol. The number of halogens is 3. The molecule has 0 spiro atoms. The molecule has 0 radical (unpaired) electrons. The minimum Gasteiger partial charge on any atom is -0.342 e. The van der Waals surface area contributed by atoms with Crippen molar-refractivity contribution in [2.45, 2.75) is 13.1 Å². The first-order valence-electron chi connectivity index (χ1n) is 9.13. The van der Waals surface area contributed by atoms with E-state index in [-0.39, 0.29) is 0 Å². The number of benzene rings is 3. The van der Waals surface area contributed by atoms with E-state index in [0.717, 1.165) is 32.6 Å². The quantitative estimate of drug-likeness (QED) is 0.259. The number of nitrogens with zero attached hydrogens (tertiary/aromatic N) is 2. The topological polar surface area (TPSA) is 29.3 Å². The van der Waals surface area contributed by atoms with Gasteiger partial charge in [0, 0.05) is 49.8 Å². The third-order valence-electron chi connectivity index (χ3n) is 4.73. The summed E-state index contributed by atoms with van der Waals surface area (Å²) in [7, 11) is 0. The van der Waals surface area contributed by atoms with Crippen molar-refractivity contribution in [3.05, 3.63) is 105 Å². The number of aromatic nitrogens is 1. The number of hydrogen-bond donors (Lipinski definition) is 1. The highest BCUT2D eigenvalue weighted by molar-refractivity contribution is 6.36. The SMILES string of the molecule is Clc1ccccc1Cn1cc(/C=N/NCc2c(Cl)cccc2Cl)c2ccccc21. The van der Waals surface area contributed by atoms with Gasteiger partial charge in [0.2, 0.25) is 0 Å². The third kappa shape index (κ3) is 4.43. The molecule has 1 heterocycles. The van der Waals surface area contributed by atoms with Gasteiger partial charge >= 0.3 is 0 Å². The van der Waals surface area contributed by atoms with Crippen LogP contribution in [0.1, 0.15) is 16.7 Å². The fourth-order valence-corrected chi connectivity index (χ4v) is 3.99. The van der Waals surface area contributed by atoms with Gasteiger partial charge in [-0.05, 0) is 29.8 Å². The van der Waals surface area contributed by atoms with Crippen molar-refractivity contribution >= 4 is 51.9 Å². The van der Waals surface area contributed by atoms with Crippen molar-refractivity contribution < 1.29 is 0 Å². The Morgan fingerprint density at radius 2 is 1.52 bits per heavy atom. The predicted molar refractivity (Wildman–Crippen MR) is 123 cm³/mol. The molecule has 6 heteroatoms. The maximum Gasteiger partial charge on any atom is 0.0609 e. The number of para-hydroxylation sites is 1. The van der Waals surface area contributed by atoms with E-state index in [2.05, 4.69) is 33.4 Å². The Morgan fingerprint density at radius 1 is 0.828 bits per heavy atom. The van der Waals surface area contributed by atoms with Crippen LogP contribution >= 0.6 is 34.8 Å². The van der Waals surface area contributed by atoms with Crippen LogP contribution in [0, 0.1) is 0 Å². The largest absolute Gasteiger partial charge is 0.342 e. The summed E-state index contributed by atoms with van der Waals surface area (Å²) in [6.07, 6.45) is 3.90. The van der Waals surface area contributed by atoms with Crippen LogP contribution in [0.2, 0.25) is 15.1 Å². The molecule has 0 aliphatic rings. The molecule has 3 aromatic carbocycles. The van der Waals surface area contributed by atoms with Gasteiger partial charge in [0.05, 0.1) is 12.8 Å². The highest BCUT2D eigenvalue weighted by Gasteiger charge is 2.09. The van der Waals surface area contributed by atoms with Gasteiger partial charge in [-0.1, -0.05) is 77.3 Å². The molecule has 29 heavy (non-hydrogen) atoms. The summed E-state index contributed by atoms with van der Waals surface area (Å²) in [6.45, 7) is 1.14. The van der Waals surface area contributed by atoms with Gasteiger partial charge in [0.1, 0.15) is 0 Å². The Kier molecular flexibility index (Phi) is 6.10. The summed E-state index contributed by atoms with van der Waals surface area (Å²) >= 11 is 18.8. The minimum absolute atomic E-state index is 0.452. The summed E-state index contributed by atoms with van der Waals surface area (Å²) in [5.74, 6) is 0. The Morgan fingerprint density at radius 3 is 2.31 bits per heavy atom. The van der Waals surface area contributed by atoms with E-state index in [4.69, 9.17) is 34.8 Å². The number of rotatable bonds is 6. The summed E-state index contributed by atoms with van der Waals surface area (Å²) in [5, 5.41) is 7.51.